The van der Waals surface area contributed by atoms with Crippen LogP contribution in [0, 0.1) is 5.41 Å². The average molecular weight is 243 g/mol. The van der Waals surface area contributed by atoms with Gasteiger partial charge in [-0.1, -0.05) is 24.6 Å². The molecule has 2 N–H and O–H groups in total. The summed E-state index contributed by atoms with van der Waals surface area (Å²) in [5.41, 5.74) is 5.94. The molecule has 1 nitrogen and oxygen atoms in total. The SMILES string of the molecule is NCC1(Cc2cccc(C(F)(F)F)c2)CCC1. The maximum Gasteiger partial charge on any atom is 0.416 e. The molecule has 1 saturated carbocycles. The van der Waals surface area contributed by atoms with Gasteiger partial charge in [0.1, 0.15) is 0 Å². The molecule has 0 unspecified atom stereocenters. The Morgan fingerprint density at radius 2 is 1.94 bits per heavy atom. The summed E-state index contributed by atoms with van der Waals surface area (Å²) < 4.78 is 37.7. The molecule has 17 heavy (non-hydrogen) atoms. The lowest BCUT2D eigenvalue weighted by Crippen LogP contribution is -2.39. The molecule has 4 heteroatoms. The Morgan fingerprint density at radius 3 is 2.41 bits per heavy atom. The van der Waals surface area contributed by atoms with Crippen LogP contribution in [-0.4, -0.2) is 6.54 Å². The highest BCUT2D eigenvalue weighted by molar-refractivity contribution is 5.27. The summed E-state index contributed by atoms with van der Waals surface area (Å²) in [6.45, 7) is 0.559. The maximum atomic E-state index is 12.6. The fourth-order valence-electron chi connectivity index (χ4n) is 2.42. The molecule has 1 fully saturated rings. The molecule has 0 aromatic heterocycles. The summed E-state index contributed by atoms with van der Waals surface area (Å²) in [5, 5.41) is 0. The minimum absolute atomic E-state index is 0.0459. The first kappa shape index (κ1) is 12.4. The zero-order valence-electron chi connectivity index (χ0n) is 9.56. The monoisotopic (exact) mass is 243 g/mol. The Morgan fingerprint density at radius 1 is 1.24 bits per heavy atom. The van der Waals surface area contributed by atoms with E-state index in [2.05, 4.69) is 0 Å². The van der Waals surface area contributed by atoms with Gasteiger partial charge in [-0.05, 0) is 42.9 Å². The van der Waals surface area contributed by atoms with Crippen molar-refractivity contribution in [3.8, 4) is 0 Å². The van der Waals surface area contributed by atoms with Crippen molar-refractivity contribution in [2.24, 2.45) is 11.1 Å². The summed E-state index contributed by atoms with van der Waals surface area (Å²) in [4.78, 5) is 0. The van der Waals surface area contributed by atoms with Gasteiger partial charge in [-0.25, -0.2) is 0 Å². The number of hydrogen-bond donors (Lipinski definition) is 1. The Labute approximate surface area is 98.8 Å². The molecule has 1 aliphatic carbocycles. The molecular weight excluding hydrogens is 227 g/mol. The minimum Gasteiger partial charge on any atom is -0.330 e. The second kappa shape index (κ2) is 4.33. The van der Waals surface area contributed by atoms with Crippen LogP contribution in [0.3, 0.4) is 0 Å². The topological polar surface area (TPSA) is 26.0 Å². The summed E-state index contributed by atoms with van der Waals surface area (Å²) in [6, 6.07) is 5.58. The molecule has 1 aliphatic rings. The van der Waals surface area contributed by atoms with Gasteiger partial charge in [0.05, 0.1) is 5.56 Å². The molecule has 0 amide bonds. The van der Waals surface area contributed by atoms with Crippen LogP contribution < -0.4 is 5.73 Å². The zero-order valence-corrected chi connectivity index (χ0v) is 9.56. The molecule has 2 rings (SSSR count). The first-order chi connectivity index (χ1) is 7.95. The van der Waals surface area contributed by atoms with Crippen molar-refractivity contribution >= 4 is 0 Å². The van der Waals surface area contributed by atoms with Gasteiger partial charge in [0.2, 0.25) is 0 Å². The molecule has 1 aromatic rings. The Kier molecular flexibility index (Phi) is 3.17. The second-order valence-electron chi connectivity index (χ2n) is 4.93. The lowest BCUT2D eigenvalue weighted by Gasteiger charge is -2.41. The van der Waals surface area contributed by atoms with Gasteiger partial charge in [-0.15, -0.1) is 0 Å². The van der Waals surface area contributed by atoms with E-state index < -0.39 is 11.7 Å². The standard InChI is InChI=1S/C13H16F3N/c14-13(15,16)11-4-1-3-10(7-11)8-12(9-17)5-2-6-12/h1,3-4,7H,2,5-6,8-9,17H2. The fourth-order valence-corrected chi connectivity index (χ4v) is 2.42. The van der Waals surface area contributed by atoms with E-state index in [1.165, 1.54) is 12.1 Å². The highest BCUT2D eigenvalue weighted by Gasteiger charge is 2.36. The van der Waals surface area contributed by atoms with Gasteiger partial charge in [-0.3, -0.25) is 0 Å². The molecule has 0 heterocycles. The van der Waals surface area contributed by atoms with E-state index >= 15 is 0 Å². The molecular formula is C13H16F3N. The highest BCUT2D eigenvalue weighted by Crippen LogP contribution is 2.43. The van der Waals surface area contributed by atoms with Gasteiger partial charge in [0.25, 0.3) is 0 Å². The Balaban J connectivity index is 2.17. The zero-order chi connectivity index (χ0) is 12.5. The number of benzene rings is 1. The smallest absolute Gasteiger partial charge is 0.330 e. The average Bonchev–Trinajstić information content (AvgIpc) is 2.23. The molecule has 94 valence electrons. The van der Waals surface area contributed by atoms with Gasteiger partial charge in [0, 0.05) is 0 Å². The molecule has 0 saturated heterocycles. The van der Waals surface area contributed by atoms with Gasteiger partial charge in [0.15, 0.2) is 0 Å². The lowest BCUT2D eigenvalue weighted by atomic mass is 9.65. The third-order valence-corrected chi connectivity index (χ3v) is 3.68. The third kappa shape index (κ3) is 2.63. The highest BCUT2D eigenvalue weighted by atomic mass is 19.4. The van der Waals surface area contributed by atoms with Crippen molar-refractivity contribution in [2.75, 3.05) is 6.54 Å². The quantitative estimate of drug-likeness (QED) is 0.865. The molecule has 1 aromatic carbocycles. The first-order valence-corrected chi connectivity index (χ1v) is 5.81. The number of rotatable bonds is 3. The normalized spacial score (nSPS) is 18.8. The van der Waals surface area contributed by atoms with E-state index in [0.29, 0.717) is 13.0 Å². The van der Waals surface area contributed by atoms with Crippen LogP contribution in [0.5, 0.6) is 0 Å². The van der Waals surface area contributed by atoms with Crippen LogP contribution in [0.2, 0.25) is 0 Å². The van der Waals surface area contributed by atoms with Crippen LogP contribution in [0.1, 0.15) is 30.4 Å². The van der Waals surface area contributed by atoms with Crippen molar-refractivity contribution < 1.29 is 13.2 Å². The van der Waals surface area contributed by atoms with Crippen LogP contribution in [0.25, 0.3) is 0 Å². The van der Waals surface area contributed by atoms with Gasteiger partial charge in [-0.2, -0.15) is 13.2 Å². The van der Waals surface area contributed by atoms with Crippen LogP contribution >= 0.6 is 0 Å². The molecule has 0 bridgehead atoms. The van der Waals surface area contributed by atoms with E-state index in [4.69, 9.17) is 5.73 Å². The molecule has 0 spiro atoms. The van der Waals surface area contributed by atoms with Crippen LogP contribution in [0.15, 0.2) is 24.3 Å². The molecule has 0 radical (unpaired) electrons. The Hall–Kier alpha value is -1.03. The Bertz CT molecular complexity index is 388. The second-order valence-corrected chi connectivity index (χ2v) is 4.93. The maximum absolute atomic E-state index is 12.6. The van der Waals surface area contributed by atoms with E-state index in [9.17, 15) is 13.2 Å². The van der Waals surface area contributed by atoms with Gasteiger partial charge < -0.3 is 5.73 Å². The van der Waals surface area contributed by atoms with Crippen molar-refractivity contribution in [2.45, 2.75) is 31.9 Å². The van der Waals surface area contributed by atoms with Crippen molar-refractivity contribution in [3.05, 3.63) is 35.4 Å². The number of halogens is 3. The van der Waals surface area contributed by atoms with Crippen LogP contribution in [0.4, 0.5) is 13.2 Å². The molecule has 0 aliphatic heterocycles. The van der Waals surface area contributed by atoms with Crippen molar-refractivity contribution in [3.63, 3.8) is 0 Å². The fraction of sp³-hybridized carbons (Fsp3) is 0.538. The van der Waals surface area contributed by atoms with E-state index in [1.807, 2.05) is 0 Å². The van der Waals surface area contributed by atoms with Crippen LogP contribution in [-0.2, 0) is 12.6 Å². The summed E-state index contributed by atoms with van der Waals surface area (Å²) in [5.74, 6) is 0. The van der Waals surface area contributed by atoms with Crippen molar-refractivity contribution in [1.29, 1.82) is 0 Å². The summed E-state index contributed by atoms with van der Waals surface area (Å²) in [7, 11) is 0. The largest absolute Gasteiger partial charge is 0.416 e. The van der Waals surface area contributed by atoms with Crippen molar-refractivity contribution in [1.82, 2.24) is 0 Å². The predicted molar refractivity (Wildman–Crippen MR) is 60.5 cm³/mol. The number of alkyl halides is 3. The summed E-state index contributed by atoms with van der Waals surface area (Å²) in [6.07, 6.45) is -0.408. The number of nitrogens with two attached hydrogens (primary N) is 1. The first-order valence-electron chi connectivity index (χ1n) is 5.81. The van der Waals surface area contributed by atoms with Gasteiger partial charge >= 0.3 is 6.18 Å². The van der Waals surface area contributed by atoms with E-state index in [1.54, 1.807) is 6.07 Å². The predicted octanol–water partition coefficient (Wildman–Crippen LogP) is 3.38. The molecule has 0 atom stereocenters. The summed E-state index contributed by atoms with van der Waals surface area (Å²) >= 11 is 0. The lowest BCUT2D eigenvalue weighted by molar-refractivity contribution is -0.137. The van der Waals surface area contributed by atoms with E-state index in [0.717, 1.165) is 30.9 Å². The van der Waals surface area contributed by atoms with E-state index in [-0.39, 0.29) is 5.41 Å². The number of hydrogen-bond acceptors (Lipinski definition) is 1. The minimum atomic E-state index is -4.26. The third-order valence-electron chi connectivity index (χ3n) is 3.68.